The van der Waals surface area contributed by atoms with E-state index in [1.54, 1.807) is 31.2 Å². The van der Waals surface area contributed by atoms with Gasteiger partial charge in [-0.3, -0.25) is 4.79 Å². The number of benzene rings is 2. The van der Waals surface area contributed by atoms with Crippen LogP contribution in [-0.4, -0.2) is 32.2 Å². The molecule has 3 rings (SSSR count). The monoisotopic (exact) mass is 488 g/mol. The van der Waals surface area contributed by atoms with E-state index in [-0.39, 0.29) is 29.8 Å². The van der Waals surface area contributed by atoms with Crippen LogP contribution in [0.1, 0.15) is 25.8 Å². The van der Waals surface area contributed by atoms with Gasteiger partial charge in [0.15, 0.2) is 0 Å². The Morgan fingerprint density at radius 3 is 2.44 bits per heavy atom. The number of aromatic nitrogens is 1. The lowest BCUT2D eigenvalue weighted by molar-refractivity contribution is -0.116. The number of halogens is 1. The first kappa shape index (κ1) is 25.0. The molecule has 0 atom stereocenters. The van der Waals surface area contributed by atoms with Gasteiger partial charge in [0.1, 0.15) is 28.8 Å². The maximum absolute atomic E-state index is 13.3. The normalized spacial score (nSPS) is 11.1. The first-order valence-corrected chi connectivity index (χ1v) is 12.1. The average molecular weight is 489 g/mol. The van der Waals surface area contributed by atoms with Gasteiger partial charge in [0.25, 0.3) is 0 Å². The van der Waals surface area contributed by atoms with E-state index in [0.717, 1.165) is 0 Å². The molecule has 3 aromatic rings. The molecule has 0 aliphatic heterocycles. The molecule has 0 fully saturated rings. The number of amides is 1. The Morgan fingerprint density at radius 2 is 1.79 bits per heavy atom. The highest BCUT2D eigenvalue weighted by Crippen LogP contribution is 2.34. The number of nitrogens with zero attached hydrogens (tertiary/aromatic N) is 2. The van der Waals surface area contributed by atoms with Gasteiger partial charge in [-0.25, -0.2) is 9.37 Å². The molecule has 0 aliphatic carbocycles. The van der Waals surface area contributed by atoms with Crippen molar-refractivity contribution < 1.29 is 31.3 Å². The summed E-state index contributed by atoms with van der Waals surface area (Å²) in [5.74, 6) is 0.102. The molecule has 10 heteroatoms. The Kier molecular flexibility index (Phi) is 8.06. The van der Waals surface area contributed by atoms with Crippen LogP contribution in [0.2, 0.25) is 0 Å². The maximum Gasteiger partial charge on any atom is 0.309 e. The summed E-state index contributed by atoms with van der Waals surface area (Å²) in [5.41, 5.74) is 0.746. The second-order valence-corrected chi connectivity index (χ2v) is 9.00. The number of methoxy groups -OCH3 is 1. The minimum absolute atomic E-state index is 0.0466. The number of rotatable bonds is 10. The van der Waals surface area contributed by atoms with Crippen LogP contribution in [-0.2, 0) is 21.5 Å². The molecule has 180 valence electrons. The third-order valence-corrected chi connectivity index (χ3v) is 6.06. The quantitative estimate of drug-likeness (QED) is 0.382. The second-order valence-electron chi connectivity index (χ2n) is 7.31. The predicted molar refractivity (Wildman–Crippen MR) is 125 cm³/mol. The smallest absolute Gasteiger partial charge is 0.309 e. The summed E-state index contributed by atoms with van der Waals surface area (Å²) in [5, 5.41) is 0. The Labute approximate surface area is 198 Å². The number of carbonyl (C=O) groups is 1. The molecular weight excluding hydrogens is 463 g/mol. The molecule has 0 aliphatic rings. The van der Waals surface area contributed by atoms with Crippen LogP contribution in [0.15, 0.2) is 60.8 Å². The van der Waals surface area contributed by atoms with E-state index < -0.39 is 15.9 Å². The van der Waals surface area contributed by atoms with E-state index in [0.29, 0.717) is 29.2 Å². The van der Waals surface area contributed by atoms with E-state index in [9.17, 15) is 17.6 Å². The lowest BCUT2D eigenvalue weighted by Gasteiger charge is -2.24. The van der Waals surface area contributed by atoms with Gasteiger partial charge in [0.2, 0.25) is 11.8 Å². The summed E-state index contributed by atoms with van der Waals surface area (Å²) in [6.45, 7) is 3.05. The summed E-state index contributed by atoms with van der Waals surface area (Å²) in [4.78, 5) is 18.2. The van der Waals surface area contributed by atoms with Gasteiger partial charge in [0.05, 0.1) is 19.4 Å². The van der Waals surface area contributed by atoms with Crippen molar-refractivity contribution in [3.63, 3.8) is 0 Å². The number of hydrogen-bond donors (Lipinski definition) is 0. The molecule has 1 amide bonds. The van der Waals surface area contributed by atoms with Crippen molar-refractivity contribution in [3.05, 3.63) is 72.2 Å². The zero-order valence-corrected chi connectivity index (χ0v) is 19.8. The number of hydrogen-bond acceptors (Lipinski definition) is 7. The third kappa shape index (κ3) is 6.44. The van der Waals surface area contributed by atoms with Crippen molar-refractivity contribution in [2.24, 2.45) is 0 Å². The average Bonchev–Trinajstić information content (AvgIpc) is 2.80. The van der Waals surface area contributed by atoms with Crippen LogP contribution in [0, 0.1) is 5.82 Å². The van der Waals surface area contributed by atoms with Crippen molar-refractivity contribution in [1.82, 2.24) is 4.98 Å². The number of carbonyl (C=O) groups excluding carboxylic acids is 1. The Hall–Kier alpha value is -3.66. The van der Waals surface area contributed by atoms with Crippen LogP contribution in [0.5, 0.6) is 23.1 Å². The molecule has 0 bridgehead atoms. The molecule has 1 heterocycles. The zero-order chi connectivity index (χ0) is 24.7. The largest absolute Gasteiger partial charge is 0.497 e. The molecule has 0 N–H and O–H groups in total. The summed E-state index contributed by atoms with van der Waals surface area (Å²) in [6.07, 6.45) is 1.89. The third-order valence-electron chi connectivity index (χ3n) is 4.72. The number of ether oxygens (including phenoxy) is 2. The van der Waals surface area contributed by atoms with Gasteiger partial charge in [-0.15, -0.1) is 0 Å². The van der Waals surface area contributed by atoms with Crippen molar-refractivity contribution >= 4 is 21.7 Å². The number of anilines is 1. The molecule has 0 spiro atoms. The lowest BCUT2D eigenvalue weighted by atomic mass is 10.1. The van der Waals surface area contributed by atoms with Crippen molar-refractivity contribution in [2.45, 2.75) is 26.8 Å². The fourth-order valence-electron chi connectivity index (χ4n) is 3.13. The standard InChI is InChI=1S/C24H25FN2O6S/c1-4-14-34(29,30)33-23-12-11-21(31-3)15-18(23)16-27(17(2)28)22-6-5-13-26-24(22)32-20-9-7-19(25)8-10-20/h5-13,15H,4,14,16H2,1-3H3. The Morgan fingerprint density at radius 1 is 1.09 bits per heavy atom. The van der Waals surface area contributed by atoms with E-state index in [1.807, 2.05) is 0 Å². The van der Waals surface area contributed by atoms with Gasteiger partial charge in [-0.1, -0.05) is 6.92 Å². The molecular formula is C24H25FN2O6S. The molecule has 0 unspecified atom stereocenters. The molecule has 0 saturated carbocycles. The van der Waals surface area contributed by atoms with Gasteiger partial charge in [0, 0.05) is 18.7 Å². The highest BCUT2D eigenvalue weighted by molar-refractivity contribution is 7.87. The van der Waals surface area contributed by atoms with Crippen LogP contribution >= 0.6 is 0 Å². The summed E-state index contributed by atoms with van der Waals surface area (Å²) < 4.78 is 54.2. The topological polar surface area (TPSA) is 95.0 Å². The van der Waals surface area contributed by atoms with E-state index >= 15 is 0 Å². The lowest BCUT2D eigenvalue weighted by Crippen LogP contribution is -2.29. The van der Waals surface area contributed by atoms with Crippen molar-refractivity contribution in [1.29, 1.82) is 0 Å². The molecule has 1 aromatic heterocycles. The van der Waals surface area contributed by atoms with Crippen molar-refractivity contribution in [3.8, 4) is 23.1 Å². The SMILES string of the molecule is CCCS(=O)(=O)Oc1ccc(OC)cc1CN(C(C)=O)c1cccnc1Oc1ccc(F)cc1. The first-order valence-electron chi connectivity index (χ1n) is 10.5. The van der Waals surface area contributed by atoms with Crippen LogP contribution < -0.4 is 18.6 Å². The van der Waals surface area contributed by atoms with E-state index in [1.165, 1.54) is 55.5 Å². The van der Waals surface area contributed by atoms with Crippen LogP contribution in [0.3, 0.4) is 0 Å². The highest BCUT2D eigenvalue weighted by Gasteiger charge is 2.22. The molecule has 0 saturated heterocycles. The minimum atomic E-state index is -3.81. The highest BCUT2D eigenvalue weighted by atomic mass is 32.2. The molecule has 0 radical (unpaired) electrons. The van der Waals surface area contributed by atoms with E-state index in [2.05, 4.69) is 4.98 Å². The van der Waals surface area contributed by atoms with Gasteiger partial charge in [-0.05, 0) is 61.0 Å². The van der Waals surface area contributed by atoms with Crippen LogP contribution in [0.4, 0.5) is 10.1 Å². The summed E-state index contributed by atoms with van der Waals surface area (Å²) in [6, 6.07) is 13.3. The van der Waals surface area contributed by atoms with Gasteiger partial charge < -0.3 is 18.6 Å². The van der Waals surface area contributed by atoms with Crippen molar-refractivity contribution in [2.75, 3.05) is 17.8 Å². The molecule has 34 heavy (non-hydrogen) atoms. The Bertz CT molecular complexity index is 1250. The first-order chi connectivity index (χ1) is 16.2. The minimum Gasteiger partial charge on any atom is -0.497 e. The predicted octanol–water partition coefficient (Wildman–Crippen LogP) is 4.69. The fraction of sp³-hybridized carbons (Fsp3) is 0.250. The zero-order valence-electron chi connectivity index (χ0n) is 19.0. The molecule has 8 nitrogen and oxygen atoms in total. The maximum atomic E-state index is 13.3. The van der Waals surface area contributed by atoms with Gasteiger partial charge in [-0.2, -0.15) is 8.42 Å². The van der Waals surface area contributed by atoms with Crippen LogP contribution in [0.25, 0.3) is 0 Å². The Balaban J connectivity index is 1.99. The summed E-state index contributed by atoms with van der Waals surface area (Å²) >= 11 is 0. The fourth-order valence-corrected chi connectivity index (χ4v) is 4.15. The van der Waals surface area contributed by atoms with Gasteiger partial charge >= 0.3 is 10.1 Å². The molecule has 2 aromatic carbocycles. The van der Waals surface area contributed by atoms with E-state index in [4.69, 9.17) is 13.7 Å². The number of pyridine rings is 1. The second kappa shape index (κ2) is 11.0. The summed E-state index contributed by atoms with van der Waals surface area (Å²) in [7, 11) is -2.33.